The molecule has 0 aliphatic carbocycles. The number of hydrogen-bond acceptors (Lipinski definition) is 7. The van der Waals surface area contributed by atoms with Gasteiger partial charge in [-0.1, -0.05) is 6.07 Å². The Hall–Kier alpha value is -4.88. The van der Waals surface area contributed by atoms with Crippen LogP contribution in [0.3, 0.4) is 0 Å². The largest absolute Gasteiger partial charge is 0.451 e. The van der Waals surface area contributed by atoms with Crippen LogP contribution in [0.4, 0.5) is 28.2 Å². The Balaban J connectivity index is 1.28. The summed E-state index contributed by atoms with van der Waals surface area (Å²) in [5.74, 6) is -3.62. The van der Waals surface area contributed by atoms with Gasteiger partial charge in [-0.25, -0.2) is 32.1 Å². The number of nitrogens with zero attached hydrogens (tertiary/aromatic N) is 5. The molecule has 5 rings (SSSR count). The third-order valence-corrected chi connectivity index (χ3v) is 6.63. The third-order valence-electron chi connectivity index (χ3n) is 6.63. The van der Waals surface area contributed by atoms with Crippen molar-refractivity contribution in [1.29, 1.82) is 0 Å². The molecule has 3 heterocycles. The lowest BCUT2D eigenvalue weighted by Crippen LogP contribution is -2.54. The summed E-state index contributed by atoms with van der Waals surface area (Å²) >= 11 is 0. The van der Waals surface area contributed by atoms with Crippen LogP contribution in [-0.2, 0) is 11.3 Å². The number of aromatic nitrogens is 4. The zero-order valence-corrected chi connectivity index (χ0v) is 23.5. The molecule has 1 atom stereocenters. The molecule has 43 heavy (non-hydrogen) atoms. The molecule has 1 aliphatic heterocycles. The summed E-state index contributed by atoms with van der Waals surface area (Å²) in [6.07, 6.45) is 2.24. The number of carbonyl (C=O) groups is 1. The van der Waals surface area contributed by atoms with Gasteiger partial charge in [0.05, 0.1) is 18.4 Å². The van der Waals surface area contributed by atoms with Crippen LogP contribution in [0.2, 0.25) is 0 Å². The third kappa shape index (κ3) is 6.63. The van der Waals surface area contributed by atoms with Gasteiger partial charge >= 0.3 is 11.8 Å². The SMILES string of the molecule is CC(C)(C)OC(=O)NC[C@H]1CCN1c1cc(Oc2ccc(-n3ncn(Cc4c(F)cccc4F)c3=O)cc2F)c(F)cn1. The number of carbonyl (C=O) groups excluding carboxylic acids is 1. The van der Waals surface area contributed by atoms with Gasteiger partial charge < -0.3 is 19.7 Å². The smallest absolute Gasteiger partial charge is 0.407 e. The first kappa shape index (κ1) is 29.6. The molecule has 0 radical (unpaired) electrons. The minimum atomic E-state index is -0.916. The van der Waals surface area contributed by atoms with Crippen molar-refractivity contribution in [2.75, 3.05) is 18.0 Å². The highest BCUT2D eigenvalue weighted by atomic mass is 19.1. The van der Waals surface area contributed by atoms with Crippen LogP contribution in [0, 0.1) is 23.3 Å². The summed E-state index contributed by atoms with van der Waals surface area (Å²) in [6.45, 7) is 5.75. The van der Waals surface area contributed by atoms with Crippen molar-refractivity contribution in [3.8, 4) is 17.2 Å². The Labute approximate surface area is 243 Å². The highest BCUT2D eigenvalue weighted by Gasteiger charge is 2.31. The van der Waals surface area contributed by atoms with E-state index in [4.69, 9.17) is 9.47 Å². The van der Waals surface area contributed by atoms with Crippen molar-refractivity contribution in [2.24, 2.45) is 0 Å². The number of hydrogen-bond donors (Lipinski definition) is 1. The Morgan fingerprint density at radius 3 is 2.42 bits per heavy atom. The van der Waals surface area contributed by atoms with Gasteiger partial charge in [-0.3, -0.25) is 4.57 Å². The number of ether oxygens (including phenoxy) is 2. The van der Waals surface area contributed by atoms with E-state index in [1.807, 2.05) is 4.90 Å². The molecule has 1 N–H and O–H groups in total. The fraction of sp³-hybridized carbons (Fsp3) is 0.310. The van der Waals surface area contributed by atoms with E-state index in [1.54, 1.807) is 20.8 Å². The fourth-order valence-corrected chi connectivity index (χ4v) is 4.41. The zero-order valence-electron chi connectivity index (χ0n) is 23.5. The summed E-state index contributed by atoms with van der Waals surface area (Å²) in [5, 5.41) is 6.62. The van der Waals surface area contributed by atoms with Gasteiger partial charge in [-0.15, -0.1) is 0 Å². The molecule has 2 aromatic heterocycles. The zero-order chi connectivity index (χ0) is 30.9. The first-order chi connectivity index (χ1) is 20.4. The van der Waals surface area contributed by atoms with Crippen molar-refractivity contribution < 1.29 is 31.8 Å². The molecule has 0 saturated carbocycles. The molecule has 0 spiro atoms. The van der Waals surface area contributed by atoms with E-state index in [0.29, 0.717) is 12.4 Å². The number of alkyl carbamates (subject to hydrolysis) is 1. The number of nitrogens with one attached hydrogen (secondary N) is 1. The van der Waals surface area contributed by atoms with Crippen molar-refractivity contribution >= 4 is 11.9 Å². The molecule has 1 saturated heterocycles. The van der Waals surface area contributed by atoms with Crippen LogP contribution in [0.5, 0.6) is 11.5 Å². The molecule has 1 fully saturated rings. The second kappa shape index (κ2) is 11.8. The monoisotopic (exact) mass is 600 g/mol. The molecule has 0 bridgehead atoms. The quantitative estimate of drug-likeness (QED) is 0.286. The number of amides is 1. The summed E-state index contributed by atoms with van der Waals surface area (Å²) < 4.78 is 70.3. The predicted octanol–water partition coefficient (Wildman–Crippen LogP) is 4.93. The minimum Gasteiger partial charge on any atom is -0.451 e. The van der Waals surface area contributed by atoms with Crippen LogP contribution < -0.4 is 20.6 Å². The van der Waals surface area contributed by atoms with Gasteiger partial charge in [0.2, 0.25) is 0 Å². The first-order valence-corrected chi connectivity index (χ1v) is 13.3. The predicted molar refractivity (Wildman–Crippen MR) is 147 cm³/mol. The van der Waals surface area contributed by atoms with Gasteiger partial charge in [0.1, 0.15) is 29.4 Å². The fourth-order valence-electron chi connectivity index (χ4n) is 4.41. The number of pyridine rings is 1. The second-order valence-electron chi connectivity index (χ2n) is 10.9. The van der Waals surface area contributed by atoms with Crippen molar-refractivity contribution in [3.63, 3.8) is 0 Å². The van der Waals surface area contributed by atoms with E-state index in [1.165, 1.54) is 24.3 Å². The summed E-state index contributed by atoms with van der Waals surface area (Å²) in [4.78, 5) is 30.8. The number of benzene rings is 2. The van der Waals surface area contributed by atoms with Crippen molar-refractivity contribution in [2.45, 2.75) is 45.4 Å². The summed E-state index contributed by atoms with van der Waals surface area (Å²) in [5.41, 5.74) is -1.70. The molecule has 14 heteroatoms. The molecule has 4 aromatic rings. The minimum absolute atomic E-state index is 0.0133. The van der Waals surface area contributed by atoms with Gasteiger partial charge in [-0.2, -0.15) is 9.78 Å². The van der Waals surface area contributed by atoms with E-state index in [2.05, 4.69) is 15.4 Å². The lowest BCUT2D eigenvalue weighted by molar-refractivity contribution is 0.0521. The van der Waals surface area contributed by atoms with Crippen molar-refractivity contribution in [1.82, 2.24) is 24.6 Å². The molecule has 2 aromatic carbocycles. The lowest BCUT2D eigenvalue weighted by atomic mass is 10.0. The molecule has 10 nitrogen and oxygen atoms in total. The average molecular weight is 601 g/mol. The van der Waals surface area contributed by atoms with E-state index in [0.717, 1.165) is 46.4 Å². The average Bonchev–Trinajstić information content (AvgIpc) is 3.27. The van der Waals surface area contributed by atoms with Gasteiger partial charge in [0.15, 0.2) is 23.1 Å². The summed E-state index contributed by atoms with van der Waals surface area (Å²) in [7, 11) is 0. The molecular formula is C29H28F4N6O4. The first-order valence-electron chi connectivity index (χ1n) is 13.3. The van der Waals surface area contributed by atoms with E-state index >= 15 is 4.39 Å². The Kier molecular flexibility index (Phi) is 8.11. The van der Waals surface area contributed by atoms with Crippen LogP contribution in [0.1, 0.15) is 32.8 Å². The maximum absolute atomic E-state index is 15.1. The number of halogens is 4. The molecular weight excluding hydrogens is 572 g/mol. The molecule has 0 unspecified atom stereocenters. The van der Waals surface area contributed by atoms with Crippen LogP contribution >= 0.6 is 0 Å². The van der Waals surface area contributed by atoms with Crippen LogP contribution in [0.15, 0.2) is 59.8 Å². The maximum atomic E-state index is 15.1. The highest BCUT2D eigenvalue weighted by molar-refractivity contribution is 5.68. The molecule has 1 amide bonds. The maximum Gasteiger partial charge on any atom is 0.407 e. The lowest BCUT2D eigenvalue weighted by Gasteiger charge is -2.42. The van der Waals surface area contributed by atoms with Gasteiger partial charge in [0, 0.05) is 36.8 Å². The highest BCUT2D eigenvalue weighted by Crippen LogP contribution is 2.32. The molecule has 226 valence electrons. The number of anilines is 1. The van der Waals surface area contributed by atoms with Crippen LogP contribution in [0.25, 0.3) is 5.69 Å². The van der Waals surface area contributed by atoms with Gasteiger partial charge in [-0.05, 0) is 51.5 Å². The summed E-state index contributed by atoms with van der Waals surface area (Å²) in [6, 6.07) is 8.06. The Morgan fingerprint density at radius 1 is 1.02 bits per heavy atom. The standard InChI is InChI=1S/C29H28F4N6O4/c1-29(2,3)43-27(40)35-13-18-9-10-38(18)26-12-25(23(33)14-34-26)42-24-8-7-17(11-22(24)32)39-28(41)37(16-36-39)15-19-20(30)5-4-6-21(19)31/h4-8,11-12,14,16,18H,9-10,13,15H2,1-3H3,(H,35,40)/t18-/m1/s1. The van der Waals surface area contributed by atoms with Gasteiger partial charge in [0.25, 0.3) is 0 Å². The van der Waals surface area contributed by atoms with E-state index in [-0.39, 0.29) is 35.3 Å². The Morgan fingerprint density at radius 2 is 1.77 bits per heavy atom. The normalized spacial score (nSPS) is 14.8. The topological polar surface area (TPSA) is 104 Å². The second-order valence-corrected chi connectivity index (χ2v) is 10.9. The van der Waals surface area contributed by atoms with E-state index < -0.39 is 47.2 Å². The van der Waals surface area contributed by atoms with Crippen molar-refractivity contribution in [3.05, 3.63) is 94.3 Å². The van der Waals surface area contributed by atoms with E-state index in [9.17, 15) is 22.8 Å². The Bertz CT molecular complexity index is 1700. The van der Waals surface area contributed by atoms with Crippen LogP contribution in [-0.4, -0.2) is 50.2 Å². The number of rotatable bonds is 8. The molecule has 1 aliphatic rings.